The number of furan rings is 1. The average molecular weight is 329 g/mol. The average Bonchev–Trinajstić information content (AvgIpc) is 2.82. The maximum atomic E-state index is 6.31. The fourth-order valence-corrected chi connectivity index (χ4v) is 3.13. The van der Waals surface area contributed by atoms with Gasteiger partial charge in [-0.15, -0.1) is 0 Å². The zero-order valence-electron chi connectivity index (χ0n) is 10.3. The second-order valence-electron chi connectivity index (χ2n) is 4.01. The highest BCUT2D eigenvalue weighted by molar-refractivity contribution is 9.10. The Morgan fingerprint density at radius 3 is 2.78 bits per heavy atom. The Bertz CT molecular complexity index is 518. The lowest BCUT2D eigenvalue weighted by Crippen LogP contribution is -2.19. The van der Waals surface area contributed by atoms with Crippen LogP contribution in [0.3, 0.4) is 0 Å². The summed E-state index contributed by atoms with van der Waals surface area (Å²) >= 11 is 9.88. The number of halogens is 2. The minimum Gasteiger partial charge on any atom is -0.469 e. The molecule has 0 saturated carbocycles. The van der Waals surface area contributed by atoms with Crippen molar-refractivity contribution >= 4 is 27.5 Å². The van der Waals surface area contributed by atoms with Crippen LogP contribution in [0.25, 0.3) is 0 Å². The molecule has 96 valence electrons. The van der Waals surface area contributed by atoms with E-state index in [0.29, 0.717) is 0 Å². The molecule has 0 fully saturated rings. The van der Waals surface area contributed by atoms with E-state index in [9.17, 15) is 0 Å². The van der Waals surface area contributed by atoms with Gasteiger partial charge in [-0.05, 0) is 25.2 Å². The van der Waals surface area contributed by atoms with Crippen LogP contribution in [-0.2, 0) is 6.42 Å². The zero-order chi connectivity index (χ0) is 13.1. The fraction of sp³-hybridized carbons (Fsp3) is 0.286. The van der Waals surface area contributed by atoms with Gasteiger partial charge in [0.25, 0.3) is 0 Å². The molecule has 0 bridgehead atoms. The maximum Gasteiger partial charge on any atom is 0.108 e. The van der Waals surface area contributed by atoms with Crippen molar-refractivity contribution in [1.82, 2.24) is 5.32 Å². The third-order valence-electron chi connectivity index (χ3n) is 2.99. The van der Waals surface area contributed by atoms with Gasteiger partial charge in [-0.1, -0.05) is 40.5 Å². The zero-order valence-corrected chi connectivity index (χ0v) is 12.7. The summed E-state index contributed by atoms with van der Waals surface area (Å²) in [6.07, 6.45) is 2.59. The standard InChI is InChI=1S/C14H15BrClNO/c1-3-12-9(7-8-18-12)14(17-2)13-10(15)5-4-6-11(13)16/h4-8,14,17H,3H2,1-2H3. The molecule has 0 aliphatic carbocycles. The molecule has 1 heterocycles. The molecule has 18 heavy (non-hydrogen) atoms. The van der Waals surface area contributed by atoms with Gasteiger partial charge in [0.15, 0.2) is 0 Å². The number of benzene rings is 1. The number of nitrogens with one attached hydrogen (secondary N) is 1. The second kappa shape index (κ2) is 5.91. The summed E-state index contributed by atoms with van der Waals surface area (Å²) in [5, 5.41) is 4.05. The molecule has 0 spiro atoms. The monoisotopic (exact) mass is 327 g/mol. The quantitative estimate of drug-likeness (QED) is 0.889. The fourth-order valence-electron chi connectivity index (χ4n) is 2.14. The predicted molar refractivity (Wildman–Crippen MR) is 78.1 cm³/mol. The van der Waals surface area contributed by atoms with Gasteiger partial charge in [0.2, 0.25) is 0 Å². The van der Waals surface area contributed by atoms with Crippen LogP contribution < -0.4 is 5.32 Å². The highest BCUT2D eigenvalue weighted by atomic mass is 79.9. The first-order valence-corrected chi connectivity index (χ1v) is 7.03. The number of hydrogen-bond donors (Lipinski definition) is 1. The van der Waals surface area contributed by atoms with E-state index >= 15 is 0 Å². The van der Waals surface area contributed by atoms with Gasteiger partial charge in [0.1, 0.15) is 5.76 Å². The van der Waals surface area contributed by atoms with Gasteiger partial charge < -0.3 is 9.73 Å². The first-order chi connectivity index (χ1) is 8.69. The summed E-state index contributed by atoms with van der Waals surface area (Å²) < 4.78 is 6.50. The molecule has 1 aromatic carbocycles. The third-order valence-corrected chi connectivity index (χ3v) is 4.01. The van der Waals surface area contributed by atoms with Gasteiger partial charge in [-0.2, -0.15) is 0 Å². The van der Waals surface area contributed by atoms with Crippen LogP contribution in [0.4, 0.5) is 0 Å². The van der Waals surface area contributed by atoms with E-state index in [1.54, 1.807) is 6.26 Å². The first kappa shape index (κ1) is 13.7. The van der Waals surface area contributed by atoms with E-state index in [2.05, 4.69) is 28.2 Å². The Hall–Kier alpha value is -0.770. The van der Waals surface area contributed by atoms with Crippen LogP contribution in [-0.4, -0.2) is 7.05 Å². The summed E-state index contributed by atoms with van der Waals surface area (Å²) in [5.74, 6) is 0.987. The summed E-state index contributed by atoms with van der Waals surface area (Å²) in [5.41, 5.74) is 2.17. The SMILES string of the molecule is CCc1occc1C(NC)c1c(Cl)cccc1Br. The first-order valence-electron chi connectivity index (χ1n) is 5.86. The molecule has 0 amide bonds. The predicted octanol–water partition coefficient (Wildman–Crippen LogP) is 4.57. The van der Waals surface area contributed by atoms with Crippen molar-refractivity contribution in [1.29, 1.82) is 0 Å². The van der Waals surface area contributed by atoms with Crippen LogP contribution in [0.2, 0.25) is 5.02 Å². The van der Waals surface area contributed by atoms with Crippen molar-refractivity contribution in [3.05, 3.63) is 56.9 Å². The molecule has 2 aromatic rings. The van der Waals surface area contributed by atoms with Crippen molar-refractivity contribution in [2.24, 2.45) is 0 Å². The number of rotatable bonds is 4. The maximum absolute atomic E-state index is 6.31. The highest BCUT2D eigenvalue weighted by Gasteiger charge is 2.21. The van der Waals surface area contributed by atoms with Crippen molar-refractivity contribution in [3.63, 3.8) is 0 Å². The molecule has 0 aliphatic rings. The minimum absolute atomic E-state index is 0.0294. The van der Waals surface area contributed by atoms with Crippen molar-refractivity contribution < 1.29 is 4.42 Å². The van der Waals surface area contributed by atoms with Crippen LogP contribution in [0.15, 0.2) is 39.4 Å². The molecule has 4 heteroatoms. The van der Waals surface area contributed by atoms with Gasteiger partial charge in [-0.25, -0.2) is 0 Å². The Labute approximate surface area is 120 Å². The largest absolute Gasteiger partial charge is 0.469 e. The van der Waals surface area contributed by atoms with Crippen molar-refractivity contribution in [3.8, 4) is 0 Å². The molecular formula is C14H15BrClNO. The Kier molecular flexibility index (Phi) is 4.49. The number of hydrogen-bond acceptors (Lipinski definition) is 2. The molecular weight excluding hydrogens is 314 g/mol. The van der Waals surface area contributed by atoms with E-state index in [4.69, 9.17) is 16.0 Å². The molecule has 1 aromatic heterocycles. The normalized spacial score (nSPS) is 12.7. The van der Waals surface area contributed by atoms with Gasteiger partial charge in [-0.3, -0.25) is 0 Å². The molecule has 0 saturated heterocycles. The summed E-state index contributed by atoms with van der Waals surface area (Å²) in [6, 6.07) is 7.85. The molecule has 2 nitrogen and oxygen atoms in total. The lowest BCUT2D eigenvalue weighted by atomic mass is 9.98. The second-order valence-corrected chi connectivity index (χ2v) is 5.27. The molecule has 1 unspecified atom stereocenters. The summed E-state index contributed by atoms with van der Waals surface area (Å²) in [4.78, 5) is 0. The molecule has 1 atom stereocenters. The highest BCUT2D eigenvalue weighted by Crippen LogP contribution is 2.35. The van der Waals surface area contributed by atoms with E-state index in [1.807, 2.05) is 31.3 Å². The smallest absolute Gasteiger partial charge is 0.108 e. The van der Waals surface area contributed by atoms with Crippen LogP contribution >= 0.6 is 27.5 Å². The summed E-state index contributed by atoms with van der Waals surface area (Å²) in [7, 11) is 1.92. The van der Waals surface area contributed by atoms with Crippen molar-refractivity contribution in [2.75, 3.05) is 7.05 Å². The lowest BCUT2D eigenvalue weighted by Gasteiger charge is -2.19. The topological polar surface area (TPSA) is 25.2 Å². The van der Waals surface area contributed by atoms with Gasteiger partial charge >= 0.3 is 0 Å². The Morgan fingerprint density at radius 1 is 1.39 bits per heavy atom. The lowest BCUT2D eigenvalue weighted by molar-refractivity contribution is 0.504. The minimum atomic E-state index is 0.0294. The van der Waals surface area contributed by atoms with E-state index in [0.717, 1.165) is 32.8 Å². The van der Waals surface area contributed by atoms with Crippen LogP contribution in [0.1, 0.15) is 29.9 Å². The molecule has 0 aliphatic heterocycles. The van der Waals surface area contributed by atoms with E-state index in [-0.39, 0.29) is 6.04 Å². The van der Waals surface area contributed by atoms with E-state index in [1.165, 1.54) is 0 Å². The van der Waals surface area contributed by atoms with Gasteiger partial charge in [0.05, 0.1) is 12.3 Å². The molecule has 2 rings (SSSR count). The van der Waals surface area contributed by atoms with E-state index < -0.39 is 0 Å². The molecule has 1 N–H and O–H groups in total. The van der Waals surface area contributed by atoms with Crippen molar-refractivity contribution in [2.45, 2.75) is 19.4 Å². The molecule has 0 radical (unpaired) electrons. The van der Waals surface area contributed by atoms with Crippen LogP contribution in [0, 0.1) is 0 Å². The summed E-state index contributed by atoms with van der Waals surface area (Å²) in [6.45, 7) is 2.08. The Balaban J connectivity index is 2.52. The number of aryl methyl sites for hydroxylation is 1. The Morgan fingerprint density at radius 2 is 2.17 bits per heavy atom. The van der Waals surface area contributed by atoms with Crippen LogP contribution in [0.5, 0.6) is 0 Å². The van der Waals surface area contributed by atoms with Gasteiger partial charge in [0, 0.05) is 27.0 Å². The third kappa shape index (κ3) is 2.48.